The maximum Gasteiger partial charge on any atom is 0.236 e. The van der Waals surface area contributed by atoms with Crippen LogP contribution in [-0.4, -0.2) is 60.5 Å². The Balaban J connectivity index is 1.52. The number of carbonyl (C=O) groups excluding carboxylic acids is 1. The quantitative estimate of drug-likeness (QED) is 0.864. The number of hydrogen-bond donors (Lipinski definition) is 1. The first kappa shape index (κ1) is 15.3. The minimum absolute atomic E-state index is 0.377. The van der Waals surface area contributed by atoms with Crippen LogP contribution in [0.5, 0.6) is 0 Å². The molecule has 3 aliphatic heterocycles. The van der Waals surface area contributed by atoms with E-state index in [-0.39, 0.29) is 0 Å². The summed E-state index contributed by atoms with van der Waals surface area (Å²) in [5.41, 5.74) is 0. The molecule has 0 aliphatic carbocycles. The third kappa shape index (κ3) is 3.98. The molecule has 3 heterocycles. The molecule has 0 saturated carbocycles. The van der Waals surface area contributed by atoms with Gasteiger partial charge < -0.3 is 10.2 Å². The van der Waals surface area contributed by atoms with Gasteiger partial charge in [-0.15, -0.1) is 0 Å². The van der Waals surface area contributed by atoms with Crippen LogP contribution in [0.2, 0.25) is 0 Å². The number of nitrogens with one attached hydrogen (secondary N) is 1. The van der Waals surface area contributed by atoms with E-state index in [0.29, 0.717) is 24.5 Å². The summed E-state index contributed by atoms with van der Waals surface area (Å²) in [5, 5.41) is 3.63. The van der Waals surface area contributed by atoms with E-state index in [9.17, 15) is 4.79 Å². The SMILES string of the molecule is O=C(CN1CCCC1C1CCCN1)N1CCCCCCC1. The summed E-state index contributed by atoms with van der Waals surface area (Å²) in [6.45, 7) is 4.90. The molecular formula is C17H31N3O. The van der Waals surface area contributed by atoms with E-state index in [0.717, 1.165) is 26.2 Å². The number of amides is 1. The van der Waals surface area contributed by atoms with E-state index in [1.54, 1.807) is 0 Å². The highest BCUT2D eigenvalue weighted by molar-refractivity contribution is 5.78. The van der Waals surface area contributed by atoms with Gasteiger partial charge in [0.1, 0.15) is 0 Å². The second-order valence-electron chi connectivity index (χ2n) is 7.03. The second-order valence-corrected chi connectivity index (χ2v) is 7.03. The number of hydrogen-bond acceptors (Lipinski definition) is 3. The Hall–Kier alpha value is -0.610. The number of nitrogens with zero attached hydrogens (tertiary/aromatic N) is 2. The van der Waals surface area contributed by atoms with Gasteiger partial charge in [0, 0.05) is 25.2 Å². The van der Waals surface area contributed by atoms with Crippen molar-refractivity contribution < 1.29 is 4.79 Å². The molecule has 4 heteroatoms. The van der Waals surface area contributed by atoms with E-state index in [4.69, 9.17) is 0 Å². The largest absolute Gasteiger partial charge is 0.342 e. The Morgan fingerprint density at radius 1 is 0.905 bits per heavy atom. The van der Waals surface area contributed by atoms with Gasteiger partial charge in [0.05, 0.1) is 6.54 Å². The highest BCUT2D eigenvalue weighted by atomic mass is 16.2. The number of rotatable bonds is 3. The predicted octanol–water partition coefficient (Wildman–Crippen LogP) is 2.00. The topological polar surface area (TPSA) is 35.6 Å². The first-order valence-electron chi connectivity index (χ1n) is 9.10. The van der Waals surface area contributed by atoms with Crippen molar-refractivity contribution in [3.05, 3.63) is 0 Å². The molecule has 0 spiro atoms. The lowest BCUT2D eigenvalue weighted by Crippen LogP contribution is -2.48. The molecule has 0 aromatic carbocycles. The van der Waals surface area contributed by atoms with E-state index in [1.165, 1.54) is 57.8 Å². The molecule has 0 aromatic rings. The van der Waals surface area contributed by atoms with Crippen molar-refractivity contribution >= 4 is 5.91 Å². The second kappa shape index (κ2) is 7.59. The molecule has 4 nitrogen and oxygen atoms in total. The zero-order valence-corrected chi connectivity index (χ0v) is 13.4. The molecule has 0 radical (unpaired) electrons. The summed E-state index contributed by atoms with van der Waals surface area (Å²) < 4.78 is 0. The molecule has 2 atom stereocenters. The van der Waals surface area contributed by atoms with Crippen molar-refractivity contribution in [2.45, 2.75) is 69.9 Å². The average molecular weight is 293 g/mol. The van der Waals surface area contributed by atoms with Crippen LogP contribution in [0.3, 0.4) is 0 Å². The van der Waals surface area contributed by atoms with E-state index >= 15 is 0 Å². The van der Waals surface area contributed by atoms with Gasteiger partial charge >= 0.3 is 0 Å². The normalized spacial score (nSPS) is 32.1. The standard InChI is InChI=1S/C17H31N3O/c21-17(19-11-4-2-1-3-5-12-19)14-20-13-7-9-16(20)15-8-6-10-18-15/h15-16,18H,1-14H2. The Labute approximate surface area is 129 Å². The molecule has 3 rings (SSSR count). The number of carbonyl (C=O) groups is 1. The monoisotopic (exact) mass is 293 g/mol. The van der Waals surface area contributed by atoms with Gasteiger partial charge in [0.15, 0.2) is 0 Å². The van der Waals surface area contributed by atoms with Gasteiger partial charge in [-0.2, -0.15) is 0 Å². The Morgan fingerprint density at radius 2 is 1.67 bits per heavy atom. The molecule has 1 amide bonds. The van der Waals surface area contributed by atoms with Gasteiger partial charge in [-0.25, -0.2) is 0 Å². The molecule has 21 heavy (non-hydrogen) atoms. The fraction of sp³-hybridized carbons (Fsp3) is 0.941. The summed E-state index contributed by atoms with van der Waals surface area (Å²) >= 11 is 0. The minimum Gasteiger partial charge on any atom is -0.342 e. The fourth-order valence-electron chi connectivity index (χ4n) is 4.31. The number of likely N-dealkylation sites (tertiary alicyclic amines) is 2. The van der Waals surface area contributed by atoms with Crippen LogP contribution in [0.1, 0.15) is 57.8 Å². The first-order valence-corrected chi connectivity index (χ1v) is 9.10. The maximum atomic E-state index is 12.6. The molecule has 1 N–H and O–H groups in total. The molecule has 0 bridgehead atoms. The van der Waals surface area contributed by atoms with Gasteiger partial charge in [-0.3, -0.25) is 9.69 Å². The molecule has 3 saturated heterocycles. The van der Waals surface area contributed by atoms with Crippen LogP contribution >= 0.6 is 0 Å². The highest BCUT2D eigenvalue weighted by Crippen LogP contribution is 2.24. The summed E-state index contributed by atoms with van der Waals surface area (Å²) in [6.07, 6.45) is 11.4. The molecule has 120 valence electrons. The Morgan fingerprint density at radius 3 is 2.38 bits per heavy atom. The van der Waals surface area contributed by atoms with Crippen molar-refractivity contribution in [3.63, 3.8) is 0 Å². The third-order valence-electron chi connectivity index (χ3n) is 5.52. The molecule has 2 unspecified atom stereocenters. The third-order valence-corrected chi connectivity index (χ3v) is 5.52. The van der Waals surface area contributed by atoms with Gasteiger partial charge in [0.2, 0.25) is 5.91 Å². The van der Waals surface area contributed by atoms with E-state index in [1.807, 2.05) is 0 Å². The van der Waals surface area contributed by atoms with Crippen LogP contribution in [0.25, 0.3) is 0 Å². The van der Waals surface area contributed by atoms with Gasteiger partial charge in [-0.05, 0) is 51.6 Å². The Bertz CT molecular complexity index is 333. The molecule has 0 aromatic heterocycles. The molecule has 3 aliphatic rings. The smallest absolute Gasteiger partial charge is 0.236 e. The average Bonchev–Trinajstić information content (AvgIpc) is 3.08. The summed E-state index contributed by atoms with van der Waals surface area (Å²) in [5.74, 6) is 0.377. The lowest BCUT2D eigenvalue weighted by molar-refractivity contribution is -0.133. The van der Waals surface area contributed by atoms with Crippen molar-refractivity contribution in [1.82, 2.24) is 15.1 Å². The van der Waals surface area contributed by atoms with Crippen molar-refractivity contribution in [3.8, 4) is 0 Å². The van der Waals surface area contributed by atoms with Crippen molar-refractivity contribution in [2.75, 3.05) is 32.7 Å². The van der Waals surface area contributed by atoms with Crippen molar-refractivity contribution in [1.29, 1.82) is 0 Å². The van der Waals surface area contributed by atoms with Gasteiger partial charge in [0.25, 0.3) is 0 Å². The molecular weight excluding hydrogens is 262 g/mol. The van der Waals surface area contributed by atoms with Gasteiger partial charge in [-0.1, -0.05) is 19.3 Å². The maximum absolute atomic E-state index is 12.6. The van der Waals surface area contributed by atoms with E-state index in [2.05, 4.69) is 15.1 Å². The Kier molecular flexibility index (Phi) is 5.53. The summed E-state index contributed by atoms with van der Waals surface area (Å²) in [6, 6.07) is 1.24. The van der Waals surface area contributed by atoms with Crippen LogP contribution in [0, 0.1) is 0 Å². The van der Waals surface area contributed by atoms with Crippen LogP contribution < -0.4 is 5.32 Å². The zero-order chi connectivity index (χ0) is 14.5. The predicted molar refractivity (Wildman–Crippen MR) is 85.3 cm³/mol. The summed E-state index contributed by atoms with van der Waals surface area (Å²) in [7, 11) is 0. The van der Waals surface area contributed by atoms with Crippen molar-refractivity contribution in [2.24, 2.45) is 0 Å². The van der Waals surface area contributed by atoms with Crippen LogP contribution in [0.15, 0.2) is 0 Å². The molecule has 3 fully saturated rings. The van der Waals surface area contributed by atoms with Crippen LogP contribution in [0.4, 0.5) is 0 Å². The van der Waals surface area contributed by atoms with E-state index < -0.39 is 0 Å². The first-order chi connectivity index (χ1) is 10.3. The lowest BCUT2D eigenvalue weighted by Gasteiger charge is -2.32. The summed E-state index contributed by atoms with van der Waals surface area (Å²) in [4.78, 5) is 17.2. The van der Waals surface area contributed by atoms with Crippen LogP contribution in [-0.2, 0) is 4.79 Å². The highest BCUT2D eigenvalue weighted by Gasteiger charge is 2.34. The zero-order valence-electron chi connectivity index (χ0n) is 13.4. The minimum atomic E-state index is 0.377. The fourth-order valence-corrected chi connectivity index (χ4v) is 4.31. The lowest BCUT2D eigenvalue weighted by atomic mass is 10.0.